The number of hydrogen-bond donors (Lipinski definition) is 3. The van der Waals surface area contributed by atoms with Gasteiger partial charge in [0.15, 0.2) is 0 Å². The van der Waals surface area contributed by atoms with Gasteiger partial charge in [0.1, 0.15) is 5.82 Å². The SMILES string of the molecule is CCC(CCO)NC(=O)C(=O)Nc1ccc(F)c(C)c1. The molecule has 2 amide bonds. The number of rotatable bonds is 5. The van der Waals surface area contributed by atoms with Crippen molar-refractivity contribution in [3.05, 3.63) is 29.6 Å². The molecule has 6 heteroatoms. The Bertz CT molecular complexity index is 491. The van der Waals surface area contributed by atoms with E-state index in [1.165, 1.54) is 18.2 Å². The monoisotopic (exact) mass is 282 g/mol. The Morgan fingerprint density at radius 2 is 2.05 bits per heavy atom. The number of amides is 2. The molecule has 3 N–H and O–H groups in total. The molecule has 0 radical (unpaired) electrons. The molecule has 0 fully saturated rings. The maximum Gasteiger partial charge on any atom is 0.313 e. The first-order valence-electron chi connectivity index (χ1n) is 6.46. The first-order valence-corrected chi connectivity index (χ1v) is 6.46. The quantitative estimate of drug-likeness (QED) is 0.713. The average Bonchev–Trinajstić information content (AvgIpc) is 2.42. The predicted molar refractivity (Wildman–Crippen MR) is 73.7 cm³/mol. The lowest BCUT2D eigenvalue weighted by Gasteiger charge is -2.15. The summed E-state index contributed by atoms with van der Waals surface area (Å²) in [7, 11) is 0. The van der Waals surface area contributed by atoms with Crippen LogP contribution >= 0.6 is 0 Å². The Labute approximate surface area is 117 Å². The van der Waals surface area contributed by atoms with Gasteiger partial charge in [-0.25, -0.2) is 4.39 Å². The zero-order valence-electron chi connectivity index (χ0n) is 11.6. The number of halogens is 1. The van der Waals surface area contributed by atoms with Crippen LogP contribution in [-0.2, 0) is 9.59 Å². The van der Waals surface area contributed by atoms with Crippen molar-refractivity contribution in [1.29, 1.82) is 0 Å². The highest BCUT2D eigenvalue weighted by Gasteiger charge is 2.17. The van der Waals surface area contributed by atoms with Crippen molar-refractivity contribution in [1.82, 2.24) is 5.32 Å². The summed E-state index contributed by atoms with van der Waals surface area (Å²) in [6.45, 7) is 3.36. The lowest BCUT2D eigenvalue weighted by atomic mass is 10.1. The molecule has 0 aliphatic rings. The van der Waals surface area contributed by atoms with E-state index in [4.69, 9.17) is 5.11 Å². The van der Waals surface area contributed by atoms with Crippen molar-refractivity contribution in [2.24, 2.45) is 0 Å². The number of anilines is 1. The maximum atomic E-state index is 13.1. The van der Waals surface area contributed by atoms with Crippen molar-refractivity contribution < 1.29 is 19.1 Å². The van der Waals surface area contributed by atoms with Crippen LogP contribution in [0.4, 0.5) is 10.1 Å². The molecular weight excluding hydrogens is 263 g/mol. The first kappa shape index (κ1) is 16.1. The number of carbonyl (C=O) groups excluding carboxylic acids is 2. The second-order valence-corrected chi connectivity index (χ2v) is 4.51. The summed E-state index contributed by atoms with van der Waals surface area (Å²) >= 11 is 0. The van der Waals surface area contributed by atoms with Gasteiger partial charge in [-0.3, -0.25) is 9.59 Å². The van der Waals surface area contributed by atoms with Crippen molar-refractivity contribution in [2.45, 2.75) is 32.7 Å². The highest BCUT2D eigenvalue weighted by molar-refractivity contribution is 6.39. The van der Waals surface area contributed by atoms with Gasteiger partial charge in [-0.15, -0.1) is 0 Å². The number of aliphatic hydroxyl groups is 1. The van der Waals surface area contributed by atoms with Gasteiger partial charge in [0, 0.05) is 18.3 Å². The number of benzene rings is 1. The summed E-state index contributed by atoms with van der Waals surface area (Å²) in [4.78, 5) is 23.3. The van der Waals surface area contributed by atoms with Crippen LogP contribution in [0, 0.1) is 12.7 Å². The van der Waals surface area contributed by atoms with Crippen molar-refractivity contribution in [2.75, 3.05) is 11.9 Å². The third-order valence-corrected chi connectivity index (χ3v) is 2.93. The van der Waals surface area contributed by atoms with Gasteiger partial charge in [0.25, 0.3) is 0 Å². The fourth-order valence-electron chi connectivity index (χ4n) is 1.70. The third-order valence-electron chi connectivity index (χ3n) is 2.93. The number of aliphatic hydroxyl groups excluding tert-OH is 1. The molecule has 1 aromatic rings. The zero-order chi connectivity index (χ0) is 15.1. The molecule has 1 unspecified atom stereocenters. The molecule has 0 bridgehead atoms. The molecule has 110 valence electrons. The normalized spacial score (nSPS) is 11.8. The number of carbonyl (C=O) groups is 2. The van der Waals surface area contributed by atoms with Crippen LogP contribution in [0.15, 0.2) is 18.2 Å². The topological polar surface area (TPSA) is 78.4 Å². The number of hydrogen-bond acceptors (Lipinski definition) is 3. The van der Waals surface area contributed by atoms with E-state index >= 15 is 0 Å². The van der Waals surface area contributed by atoms with Gasteiger partial charge >= 0.3 is 11.8 Å². The van der Waals surface area contributed by atoms with Gasteiger partial charge in [-0.1, -0.05) is 6.92 Å². The Morgan fingerprint density at radius 1 is 1.35 bits per heavy atom. The Morgan fingerprint density at radius 3 is 2.60 bits per heavy atom. The summed E-state index contributed by atoms with van der Waals surface area (Å²) in [6.07, 6.45) is 1.01. The molecule has 0 saturated carbocycles. The third kappa shape index (κ3) is 4.62. The lowest BCUT2D eigenvalue weighted by molar-refractivity contribution is -0.136. The number of aryl methyl sites for hydroxylation is 1. The van der Waals surface area contributed by atoms with Crippen LogP contribution < -0.4 is 10.6 Å². The standard InChI is InChI=1S/C14H19FN2O3/c1-3-10(6-7-18)16-13(19)14(20)17-11-4-5-12(15)9(2)8-11/h4-5,8,10,18H,3,6-7H2,1-2H3,(H,16,19)(H,17,20). The van der Waals surface area contributed by atoms with Gasteiger partial charge in [0.05, 0.1) is 0 Å². The van der Waals surface area contributed by atoms with E-state index in [9.17, 15) is 14.0 Å². The second-order valence-electron chi connectivity index (χ2n) is 4.51. The van der Waals surface area contributed by atoms with Crippen molar-refractivity contribution in [3.63, 3.8) is 0 Å². The highest BCUT2D eigenvalue weighted by atomic mass is 19.1. The summed E-state index contributed by atoms with van der Waals surface area (Å²) < 4.78 is 13.1. The summed E-state index contributed by atoms with van der Waals surface area (Å²) in [5.41, 5.74) is 0.745. The molecule has 0 spiro atoms. The molecule has 1 atom stereocenters. The van der Waals surface area contributed by atoms with E-state index in [1.54, 1.807) is 6.92 Å². The van der Waals surface area contributed by atoms with Crippen molar-refractivity contribution >= 4 is 17.5 Å². The molecule has 0 aliphatic carbocycles. The van der Waals surface area contributed by atoms with E-state index in [2.05, 4.69) is 10.6 Å². The summed E-state index contributed by atoms with van der Waals surface area (Å²) in [6, 6.07) is 3.82. The van der Waals surface area contributed by atoms with E-state index in [0.717, 1.165) is 0 Å². The lowest BCUT2D eigenvalue weighted by Crippen LogP contribution is -2.42. The predicted octanol–water partition coefficient (Wildman–Crippen LogP) is 1.35. The minimum atomic E-state index is -0.813. The second kappa shape index (κ2) is 7.59. The van der Waals surface area contributed by atoms with E-state index in [1.807, 2.05) is 6.92 Å². The van der Waals surface area contributed by atoms with E-state index in [0.29, 0.717) is 24.1 Å². The van der Waals surface area contributed by atoms with Gasteiger partial charge in [-0.05, 0) is 43.5 Å². The van der Waals surface area contributed by atoms with Crippen molar-refractivity contribution in [3.8, 4) is 0 Å². The molecule has 0 aromatic heterocycles. The summed E-state index contributed by atoms with van der Waals surface area (Å²) in [5.74, 6) is -1.96. The van der Waals surface area contributed by atoms with Gasteiger partial charge in [0.2, 0.25) is 0 Å². The van der Waals surface area contributed by atoms with E-state index in [-0.39, 0.29) is 18.5 Å². The van der Waals surface area contributed by atoms with E-state index < -0.39 is 11.8 Å². The maximum absolute atomic E-state index is 13.1. The molecule has 0 aliphatic heterocycles. The smallest absolute Gasteiger partial charge is 0.313 e. The summed E-state index contributed by atoms with van der Waals surface area (Å²) in [5, 5.41) is 13.8. The first-order chi connectivity index (χ1) is 9.47. The number of nitrogens with one attached hydrogen (secondary N) is 2. The molecule has 5 nitrogen and oxygen atoms in total. The Hall–Kier alpha value is -1.95. The van der Waals surface area contributed by atoms with Gasteiger partial charge < -0.3 is 15.7 Å². The highest BCUT2D eigenvalue weighted by Crippen LogP contribution is 2.13. The molecule has 20 heavy (non-hydrogen) atoms. The minimum Gasteiger partial charge on any atom is -0.396 e. The Balaban J connectivity index is 2.61. The molecule has 1 rings (SSSR count). The minimum absolute atomic E-state index is 0.0580. The molecule has 0 heterocycles. The molecule has 1 aromatic carbocycles. The average molecular weight is 282 g/mol. The van der Waals surface area contributed by atoms with Crippen LogP contribution in [0.25, 0.3) is 0 Å². The fraction of sp³-hybridized carbons (Fsp3) is 0.429. The van der Waals surface area contributed by atoms with Crippen LogP contribution in [0.3, 0.4) is 0 Å². The van der Waals surface area contributed by atoms with Crippen LogP contribution in [0.2, 0.25) is 0 Å². The Kier molecular flexibility index (Phi) is 6.11. The van der Waals surface area contributed by atoms with Gasteiger partial charge in [-0.2, -0.15) is 0 Å². The molecular formula is C14H19FN2O3. The van der Waals surface area contributed by atoms with Crippen LogP contribution in [0.1, 0.15) is 25.3 Å². The largest absolute Gasteiger partial charge is 0.396 e. The van der Waals surface area contributed by atoms with Crippen LogP contribution in [0.5, 0.6) is 0 Å². The fourth-order valence-corrected chi connectivity index (χ4v) is 1.70. The molecule has 0 saturated heterocycles. The zero-order valence-corrected chi connectivity index (χ0v) is 11.6. The van der Waals surface area contributed by atoms with Crippen LogP contribution in [-0.4, -0.2) is 29.6 Å².